The van der Waals surface area contributed by atoms with Gasteiger partial charge in [-0.15, -0.1) is 0 Å². The highest BCUT2D eigenvalue weighted by Crippen LogP contribution is 2.11. The van der Waals surface area contributed by atoms with Crippen LogP contribution in [0, 0.1) is 11.3 Å². The van der Waals surface area contributed by atoms with E-state index in [2.05, 4.69) is 10.1 Å². The average Bonchev–Trinajstić information content (AvgIpc) is 2.72. The number of amides is 2. The quantitative estimate of drug-likeness (QED) is 0.594. The van der Waals surface area contributed by atoms with E-state index in [-0.39, 0.29) is 11.7 Å². The molecule has 1 aromatic carbocycles. The van der Waals surface area contributed by atoms with E-state index in [1.165, 1.54) is 7.11 Å². The fraction of sp³-hybridized carbons (Fsp3) is 0.421. The van der Waals surface area contributed by atoms with Gasteiger partial charge >= 0.3 is 6.09 Å². The van der Waals surface area contributed by atoms with Gasteiger partial charge in [-0.25, -0.2) is 4.79 Å². The molecule has 1 saturated heterocycles. The zero-order valence-corrected chi connectivity index (χ0v) is 15.6. The lowest BCUT2D eigenvalue weighted by Crippen LogP contribution is -2.47. The van der Waals surface area contributed by atoms with Gasteiger partial charge in [-0.1, -0.05) is 12.1 Å². The van der Waals surface area contributed by atoms with Gasteiger partial charge in [0, 0.05) is 38.9 Å². The number of benzene rings is 1. The van der Waals surface area contributed by atoms with Crippen LogP contribution in [-0.2, 0) is 16.0 Å². The van der Waals surface area contributed by atoms with Crippen LogP contribution in [0.15, 0.2) is 36.0 Å². The fourth-order valence-corrected chi connectivity index (χ4v) is 2.69. The van der Waals surface area contributed by atoms with Gasteiger partial charge < -0.3 is 24.6 Å². The van der Waals surface area contributed by atoms with Crippen molar-refractivity contribution >= 4 is 12.0 Å². The average molecular weight is 372 g/mol. The van der Waals surface area contributed by atoms with Crippen LogP contribution in [0.1, 0.15) is 5.56 Å². The minimum Gasteiger partial charge on any atom is -0.497 e. The Morgan fingerprint density at radius 2 is 1.85 bits per heavy atom. The molecule has 27 heavy (non-hydrogen) atoms. The molecule has 8 heteroatoms. The highest BCUT2D eigenvalue weighted by molar-refractivity contribution is 5.97. The molecular weight excluding hydrogens is 348 g/mol. The Bertz CT molecular complexity index is 716. The summed E-state index contributed by atoms with van der Waals surface area (Å²) in [4.78, 5) is 27.2. The Morgan fingerprint density at radius 3 is 2.41 bits per heavy atom. The number of nitriles is 1. The van der Waals surface area contributed by atoms with Gasteiger partial charge in [-0.2, -0.15) is 5.26 Å². The van der Waals surface area contributed by atoms with E-state index in [1.54, 1.807) is 18.2 Å². The molecule has 0 aromatic heterocycles. The van der Waals surface area contributed by atoms with Crippen LogP contribution < -0.4 is 10.1 Å². The van der Waals surface area contributed by atoms with Gasteiger partial charge in [0.2, 0.25) is 0 Å². The first-order valence-electron chi connectivity index (χ1n) is 8.67. The maximum absolute atomic E-state index is 12.2. The summed E-state index contributed by atoms with van der Waals surface area (Å²) in [5.74, 6) is 0.381. The van der Waals surface area contributed by atoms with E-state index >= 15 is 0 Å². The zero-order chi connectivity index (χ0) is 19.6. The zero-order valence-electron chi connectivity index (χ0n) is 15.6. The Labute approximate surface area is 158 Å². The monoisotopic (exact) mass is 372 g/mol. The fourth-order valence-electron chi connectivity index (χ4n) is 2.69. The Hall–Kier alpha value is -3.21. The largest absolute Gasteiger partial charge is 0.497 e. The summed E-state index contributed by atoms with van der Waals surface area (Å²) in [6.45, 7) is 2.49. The van der Waals surface area contributed by atoms with Crippen molar-refractivity contribution in [2.45, 2.75) is 6.42 Å². The third-order valence-electron chi connectivity index (χ3n) is 4.28. The summed E-state index contributed by atoms with van der Waals surface area (Å²) in [6, 6.07) is 9.55. The van der Waals surface area contributed by atoms with E-state index in [9.17, 15) is 14.9 Å². The minimum atomic E-state index is -0.401. The third kappa shape index (κ3) is 5.92. The van der Waals surface area contributed by atoms with Crippen LogP contribution in [0.25, 0.3) is 0 Å². The summed E-state index contributed by atoms with van der Waals surface area (Å²) in [5, 5.41) is 12.0. The number of hydrogen-bond acceptors (Lipinski definition) is 6. The molecule has 1 N–H and O–H groups in total. The standard InChI is InChI=1S/C19H24N4O4/c1-26-17-5-3-15(4-6-17)7-8-21-18(24)16(13-20)14-22-9-11-23(12-10-22)19(25)27-2/h3-6,14H,7-12H2,1-2H3,(H,21,24)/b16-14-. The topological polar surface area (TPSA) is 94.9 Å². The molecule has 2 amide bonds. The van der Waals surface area contributed by atoms with Crippen molar-refractivity contribution in [1.29, 1.82) is 5.26 Å². The van der Waals surface area contributed by atoms with Crippen molar-refractivity contribution < 1.29 is 19.1 Å². The summed E-state index contributed by atoms with van der Waals surface area (Å²) >= 11 is 0. The molecule has 1 heterocycles. The minimum absolute atomic E-state index is 0.0521. The molecule has 2 rings (SSSR count). The van der Waals surface area contributed by atoms with Gasteiger partial charge in [0.25, 0.3) is 5.91 Å². The second-order valence-electron chi connectivity index (χ2n) is 6.00. The Morgan fingerprint density at radius 1 is 1.19 bits per heavy atom. The summed E-state index contributed by atoms with van der Waals surface area (Å²) in [6.07, 6.45) is 1.85. The van der Waals surface area contributed by atoms with Gasteiger partial charge in [-0.3, -0.25) is 4.79 Å². The van der Waals surface area contributed by atoms with Crippen LogP contribution >= 0.6 is 0 Å². The number of nitrogens with one attached hydrogen (secondary N) is 1. The number of nitrogens with zero attached hydrogens (tertiary/aromatic N) is 3. The molecule has 0 unspecified atom stereocenters. The van der Waals surface area contributed by atoms with Crippen LogP contribution in [0.2, 0.25) is 0 Å². The highest BCUT2D eigenvalue weighted by atomic mass is 16.5. The van der Waals surface area contributed by atoms with Gasteiger partial charge in [0.15, 0.2) is 0 Å². The van der Waals surface area contributed by atoms with Crippen molar-refractivity contribution in [2.75, 3.05) is 46.9 Å². The number of hydrogen-bond donors (Lipinski definition) is 1. The molecule has 1 aromatic rings. The SMILES string of the molecule is COC(=O)N1CCN(/C=C(/C#N)C(=O)NCCc2ccc(OC)cc2)CC1. The lowest BCUT2D eigenvalue weighted by molar-refractivity contribution is -0.117. The number of carbonyl (C=O) groups excluding carboxylic acids is 2. The highest BCUT2D eigenvalue weighted by Gasteiger charge is 2.21. The molecule has 1 fully saturated rings. The summed E-state index contributed by atoms with van der Waals surface area (Å²) in [7, 11) is 2.96. The smallest absolute Gasteiger partial charge is 0.409 e. The van der Waals surface area contributed by atoms with Gasteiger partial charge in [-0.05, 0) is 24.1 Å². The first kappa shape index (κ1) is 20.1. The molecule has 144 valence electrons. The molecule has 0 atom stereocenters. The second-order valence-corrected chi connectivity index (χ2v) is 6.00. The van der Waals surface area contributed by atoms with E-state index in [0.29, 0.717) is 39.1 Å². The molecule has 0 saturated carbocycles. The molecule has 0 aliphatic carbocycles. The molecule has 0 spiro atoms. The van der Waals surface area contributed by atoms with Crippen molar-refractivity contribution in [2.24, 2.45) is 0 Å². The normalized spacial score (nSPS) is 14.3. The maximum atomic E-state index is 12.2. The number of piperazine rings is 1. The first-order valence-corrected chi connectivity index (χ1v) is 8.67. The van der Waals surface area contributed by atoms with Crippen LogP contribution in [0.3, 0.4) is 0 Å². The van der Waals surface area contributed by atoms with Crippen LogP contribution in [-0.4, -0.2) is 68.7 Å². The predicted octanol–water partition coefficient (Wildman–Crippen LogP) is 1.15. The molecule has 1 aliphatic rings. The first-order chi connectivity index (χ1) is 13.1. The van der Waals surface area contributed by atoms with Crippen molar-refractivity contribution in [1.82, 2.24) is 15.1 Å². The van der Waals surface area contributed by atoms with Crippen molar-refractivity contribution in [3.8, 4) is 11.8 Å². The molecule has 0 bridgehead atoms. The number of carbonyl (C=O) groups is 2. The van der Waals surface area contributed by atoms with Gasteiger partial charge in [0.05, 0.1) is 14.2 Å². The Balaban J connectivity index is 1.81. The summed E-state index contributed by atoms with van der Waals surface area (Å²) in [5.41, 5.74) is 1.12. The number of rotatable bonds is 6. The van der Waals surface area contributed by atoms with Crippen molar-refractivity contribution in [3.63, 3.8) is 0 Å². The van der Waals surface area contributed by atoms with Crippen molar-refractivity contribution in [3.05, 3.63) is 41.6 Å². The van der Waals surface area contributed by atoms with E-state index in [1.807, 2.05) is 35.2 Å². The number of ether oxygens (including phenoxy) is 2. The second kappa shape index (κ2) is 10.1. The van der Waals surface area contributed by atoms with Crippen LogP contribution in [0.4, 0.5) is 4.79 Å². The molecule has 8 nitrogen and oxygen atoms in total. The van der Waals surface area contributed by atoms with Crippen LogP contribution in [0.5, 0.6) is 5.75 Å². The lowest BCUT2D eigenvalue weighted by Gasteiger charge is -2.33. The van der Waals surface area contributed by atoms with E-state index < -0.39 is 5.91 Å². The lowest BCUT2D eigenvalue weighted by atomic mass is 10.1. The molecule has 0 radical (unpaired) electrons. The predicted molar refractivity (Wildman–Crippen MR) is 99.0 cm³/mol. The van der Waals surface area contributed by atoms with Gasteiger partial charge in [0.1, 0.15) is 17.4 Å². The summed E-state index contributed by atoms with van der Waals surface area (Å²) < 4.78 is 9.80. The maximum Gasteiger partial charge on any atom is 0.409 e. The Kier molecular flexibility index (Phi) is 7.49. The molecule has 1 aliphatic heterocycles. The number of methoxy groups -OCH3 is 2. The van der Waals surface area contributed by atoms with E-state index in [0.717, 1.165) is 11.3 Å². The van der Waals surface area contributed by atoms with E-state index in [4.69, 9.17) is 4.74 Å². The third-order valence-corrected chi connectivity index (χ3v) is 4.28. The molecular formula is C19H24N4O4.